The van der Waals surface area contributed by atoms with Crippen LogP contribution in [0.25, 0.3) is 43.8 Å². The second-order valence-electron chi connectivity index (χ2n) is 13.8. The Labute approximate surface area is 280 Å². The van der Waals surface area contributed by atoms with Crippen LogP contribution in [0.2, 0.25) is 13.1 Å². The fourth-order valence-electron chi connectivity index (χ4n) is 8.17. The zero-order valence-electron chi connectivity index (χ0n) is 27.8. The molecule has 0 heterocycles. The van der Waals surface area contributed by atoms with Gasteiger partial charge in [-0.2, -0.15) is 0 Å². The van der Waals surface area contributed by atoms with Gasteiger partial charge in [0, 0.05) is 0 Å². The largest absolute Gasteiger partial charge is 0.114 e. The van der Waals surface area contributed by atoms with Gasteiger partial charge in [-0.15, -0.1) is 0 Å². The lowest BCUT2D eigenvalue weighted by atomic mass is 9.96. The van der Waals surface area contributed by atoms with Gasteiger partial charge in [0.05, 0.1) is 0 Å². The highest BCUT2D eigenvalue weighted by Gasteiger charge is 2.44. The molecule has 0 atom stereocenters. The number of fused-ring (bicyclic) bond motifs is 2. The van der Waals surface area contributed by atoms with Gasteiger partial charge in [-0.1, -0.05) is 170 Å². The van der Waals surface area contributed by atoms with Crippen LogP contribution in [0.1, 0.15) is 44.5 Å². The van der Waals surface area contributed by atoms with E-state index in [4.69, 9.17) is 0 Å². The van der Waals surface area contributed by atoms with E-state index in [1.54, 1.807) is 10.4 Å². The topological polar surface area (TPSA) is 0 Å². The van der Waals surface area contributed by atoms with E-state index in [0.29, 0.717) is 0 Å². The Morgan fingerprint density at radius 1 is 0.383 bits per heavy atom. The van der Waals surface area contributed by atoms with Crippen molar-refractivity contribution in [3.05, 3.63) is 190 Å². The van der Waals surface area contributed by atoms with Gasteiger partial charge in [0.1, 0.15) is 8.07 Å². The molecule has 0 aromatic heterocycles. The van der Waals surface area contributed by atoms with E-state index in [1.165, 1.54) is 77.9 Å². The van der Waals surface area contributed by atoms with E-state index in [-0.39, 0.29) is 0 Å². The molecule has 8 rings (SSSR count). The van der Waals surface area contributed by atoms with Crippen molar-refractivity contribution in [2.24, 2.45) is 0 Å². The molecule has 0 radical (unpaired) electrons. The summed E-state index contributed by atoms with van der Waals surface area (Å²) < 4.78 is 0. The van der Waals surface area contributed by atoms with Crippen LogP contribution < -0.4 is 0 Å². The first-order valence-electron chi connectivity index (χ1n) is 16.9. The summed E-state index contributed by atoms with van der Waals surface area (Å²) in [5.41, 5.74) is 19.4. The van der Waals surface area contributed by atoms with Crippen molar-refractivity contribution in [2.45, 2.75) is 39.8 Å². The van der Waals surface area contributed by atoms with Crippen molar-refractivity contribution in [1.29, 1.82) is 0 Å². The molecule has 1 heteroatoms. The Morgan fingerprint density at radius 2 is 0.766 bits per heavy atom. The molecule has 0 fully saturated rings. The molecule has 6 aromatic carbocycles. The van der Waals surface area contributed by atoms with Crippen LogP contribution >= 0.6 is 0 Å². The summed E-state index contributed by atoms with van der Waals surface area (Å²) in [6.45, 7) is 9.61. The van der Waals surface area contributed by atoms with Crippen LogP contribution in [-0.4, -0.2) is 8.07 Å². The Morgan fingerprint density at radius 3 is 1.15 bits per heavy atom. The molecule has 2 aliphatic rings. The van der Waals surface area contributed by atoms with Crippen LogP contribution in [0.15, 0.2) is 146 Å². The maximum atomic E-state index is 2.63. The summed E-state index contributed by atoms with van der Waals surface area (Å²) in [6.07, 6.45) is 1.93. The van der Waals surface area contributed by atoms with Crippen molar-refractivity contribution in [2.75, 3.05) is 0 Å². The van der Waals surface area contributed by atoms with Crippen molar-refractivity contribution in [3.8, 4) is 22.3 Å². The third kappa shape index (κ3) is 5.07. The molecule has 6 aromatic rings. The number of benzene rings is 6. The van der Waals surface area contributed by atoms with Gasteiger partial charge in [0.25, 0.3) is 0 Å². The fraction of sp³-hybridized carbons (Fsp3) is 0.130. The third-order valence-electron chi connectivity index (χ3n) is 10.4. The number of aryl methyl sites for hydroxylation is 2. The minimum atomic E-state index is -2.42. The van der Waals surface area contributed by atoms with E-state index >= 15 is 0 Å². The monoisotopic (exact) mass is 620 g/mol. The normalized spacial score (nSPS) is 14.0. The van der Waals surface area contributed by atoms with Gasteiger partial charge in [-0.05, 0) is 104 Å². The van der Waals surface area contributed by atoms with Crippen LogP contribution in [0, 0.1) is 13.8 Å². The molecule has 0 saturated carbocycles. The molecular formula is C46H40Si. The third-order valence-corrected chi connectivity index (χ3v) is 14.0. The summed E-state index contributed by atoms with van der Waals surface area (Å²) in [4.78, 5) is 0. The van der Waals surface area contributed by atoms with E-state index in [9.17, 15) is 0 Å². The average Bonchev–Trinajstić information content (AvgIpc) is 3.71. The van der Waals surface area contributed by atoms with Gasteiger partial charge < -0.3 is 0 Å². The number of rotatable bonds is 6. The molecule has 228 valence electrons. The zero-order chi connectivity index (χ0) is 32.1. The minimum absolute atomic E-state index is 0.964. The number of allylic oxidation sites excluding steroid dienone is 2. The first kappa shape index (κ1) is 29.4. The van der Waals surface area contributed by atoms with Gasteiger partial charge in [0.2, 0.25) is 0 Å². The quantitative estimate of drug-likeness (QED) is 0.163. The zero-order valence-corrected chi connectivity index (χ0v) is 28.8. The van der Waals surface area contributed by atoms with Crippen LogP contribution in [0.5, 0.6) is 0 Å². The Bertz CT molecular complexity index is 2020. The smallest absolute Gasteiger partial charge is 0.0622 e. The van der Waals surface area contributed by atoms with Gasteiger partial charge in [0.15, 0.2) is 0 Å². The summed E-state index contributed by atoms with van der Waals surface area (Å²) in [5.74, 6) is 0. The van der Waals surface area contributed by atoms with Crippen molar-refractivity contribution in [1.82, 2.24) is 0 Å². The van der Waals surface area contributed by atoms with Crippen LogP contribution in [-0.2, 0) is 12.8 Å². The molecule has 0 nitrogen and oxygen atoms in total. The highest BCUT2D eigenvalue weighted by Crippen LogP contribution is 2.55. The van der Waals surface area contributed by atoms with Crippen molar-refractivity contribution < 1.29 is 0 Å². The van der Waals surface area contributed by atoms with Crippen LogP contribution in [0.4, 0.5) is 0 Å². The van der Waals surface area contributed by atoms with Gasteiger partial charge in [-0.25, -0.2) is 0 Å². The maximum absolute atomic E-state index is 2.63. The van der Waals surface area contributed by atoms with E-state index in [2.05, 4.69) is 173 Å². The Balaban J connectivity index is 1.44. The molecule has 2 aliphatic carbocycles. The molecule has 0 amide bonds. The second kappa shape index (κ2) is 11.7. The molecule has 47 heavy (non-hydrogen) atoms. The molecular weight excluding hydrogens is 581 g/mol. The molecule has 0 aliphatic heterocycles. The van der Waals surface area contributed by atoms with Crippen molar-refractivity contribution >= 4 is 29.6 Å². The van der Waals surface area contributed by atoms with E-state index in [0.717, 1.165) is 12.8 Å². The number of hydrogen-bond donors (Lipinski definition) is 0. The molecule has 0 spiro atoms. The predicted molar refractivity (Wildman–Crippen MR) is 205 cm³/mol. The maximum Gasteiger partial charge on any atom is 0.114 e. The average molecular weight is 621 g/mol. The summed E-state index contributed by atoms with van der Waals surface area (Å²) in [7, 11) is -2.42. The van der Waals surface area contributed by atoms with E-state index in [1.807, 2.05) is 0 Å². The first-order chi connectivity index (χ1) is 22.9. The molecule has 0 unspecified atom stereocenters. The first-order valence-corrected chi connectivity index (χ1v) is 19.9. The fourth-order valence-corrected chi connectivity index (χ4v) is 12.2. The van der Waals surface area contributed by atoms with Crippen LogP contribution in [0.3, 0.4) is 0 Å². The Kier molecular flexibility index (Phi) is 7.31. The van der Waals surface area contributed by atoms with Gasteiger partial charge in [-0.3, -0.25) is 0 Å². The highest BCUT2D eigenvalue weighted by atomic mass is 28.3. The lowest BCUT2D eigenvalue weighted by Gasteiger charge is -2.33. The van der Waals surface area contributed by atoms with Gasteiger partial charge >= 0.3 is 0 Å². The SMILES string of the molecule is Cc1ccc(-c2cccc3c2C([Si](C)(C)C2=C(c4ccccc4)Cc4cccc(-c5ccc(C)cc5)c42)=C(c2ccccc2)C3)cc1. The lowest BCUT2D eigenvalue weighted by molar-refractivity contribution is 1.31. The lowest BCUT2D eigenvalue weighted by Crippen LogP contribution is -2.31. The summed E-state index contributed by atoms with van der Waals surface area (Å²) >= 11 is 0. The molecule has 0 N–H and O–H groups in total. The molecule has 0 saturated heterocycles. The predicted octanol–water partition coefficient (Wildman–Crippen LogP) is 12.1. The standard InChI is InChI=1S/C46H40Si/c1-31-21-25-35(26-22-31)39-19-11-17-37-29-41(33-13-7-5-8-14-33)45(43(37)39)47(3,4)46-42(34-15-9-6-10-16-34)30-38-18-12-20-40(44(38)46)36-27-23-32(2)24-28-36/h5-28H,29-30H2,1-4H3. The van der Waals surface area contributed by atoms with E-state index < -0.39 is 8.07 Å². The van der Waals surface area contributed by atoms with Crippen molar-refractivity contribution in [3.63, 3.8) is 0 Å². The summed E-state index contributed by atoms with van der Waals surface area (Å²) in [5, 5.41) is 3.18. The summed E-state index contributed by atoms with van der Waals surface area (Å²) in [6, 6.07) is 54.6. The molecule has 0 bridgehead atoms. The highest BCUT2D eigenvalue weighted by molar-refractivity contribution is 7.10. The minimum Gasteiger partial charge on any atom is -0.0622 e. The number of hydrogen-bond acceptors (Lipinski definition) is 0. The second-order valence-corrected chi connectivity index (χ2v) is 18.1. The Hall–Kier alpha value is -4.98.